The number of carbonyl (C=O) groups excluding carboxylic acids is 1. The van der Waals surface area contributed by atoms with Crippen molar-refractivity contribution in [2.75, 3.05) is 5.32 Å². The van der Waals surface area contributed by atoms with Crippen molar-refractivity contribution >= 4 is 11.7 Å². The monoisotopic (exact) mass is 281 g/mol. The molecule has 0 unspecified atom stereocenters. The topological polar surface area (TPSA) is 75.6 Å². The predicted octanol–water partition coefficient (Wildman–Crippen LogP) is 2.41. The van der Waals surface area contributed by atoms with Crippen molar-refractivity contribution in [2.45, 2.75) is 13.3 Å². The summed E-state index contributed by atoms with van der Waals surface area (Å²) in [4.78, 5) is 12.1. The number of H-pyrrole nitrogens is 1. The first-order valence-corrected chi connectivity index (χ1v) is 6.72. The standard InChI is InChI=1S/C15H15N5O/c1-2-12-10-14(19-18-12)17-15(21)11-4-6-13(7-5-11)20-9-3-8-16-20/h3-10H,2H2,1H3,(H2,17,18,19,21). The molecule has 0 aliphatic rings. The Hall–Kier alpha value is -2.89. The molecular formula is C15H15N5O. The summed E-state index contributed by atoms with van der Waals surface area (Å²) in [6.07, 6.45) is 4.41. The van der Waals surface area contributed by atoms with E-state index >= 15 is 0 Å². The second-order valence-corrected chi connectivity index (χ2v) is 4.58. The molecule has 0 radical (unpaired) electrons. The van der Waals surface area contributed by atoms with E-state index in [0.717, 1.165) is 17.8 Å². The number of anilines is 1. The summed E-state index contributed by atoms with van der Waals surface area (Å²) in [5.41, 5.74) is 2.47. The molecule has 6 nitrogen and oxygen atoms in total. The highest BCUT2D eigenvalue weighted by molar-refractivity contribution is 6.03. The zero-order valence-corrected chi connectivity index (χ0v) is 11.6. The van der Waals surface area contributed by atoms with Crippen LogP contribution in [0.25, 0.3) is 5.69 Å². The summed E-state index contributed by atoms with van der Waals surface area (Å²) in [6, 6.07) is 10.9. The second-order valence-electron chi connectivity index (χ2n) is 4.58. The van der Waals surface area contributed by atoms with Crippen molar-refractivity contribution in [1.29, 1.82) is 0 Å². The summed E-state index contributed by atoms with van der Waals surface area (Å²) in [7, 11) is 0. The number of carbonyl (C=O) groups is 1. The minimum atomic E-state index is -0.184. The Bertz CT molecular complexity index is 728. The Morgan fingerprint density at radius 2 is 2.14 bits per heavy atom. The molecule has 0 fully saturated rings. The van der Waals surface area contributed by atoms with Gasteiger partial charge in [-0.3, -0.25) is 9.89 Å². The number of hydrogen-bond acceptors (Lipinski definition) is 3. The van der Waals surface area contributed by atoms with E-state index in [-0.39, 0.29) is 5.91 Å². The molecule has 2 N–H and O–H groups in total. The molecule has 2 aromatic heterocycles. The molecule has 6 heteroatoms. The molecule has 0 saturated heterocycles. The molecule has 0 saturated carbocycles. The van der Waals surface area contributed by atoms with E-state index in [1.54, 1.807) is 23.0 Å². The van der Waals surface area contributed by atoms with Gasteiger partial charge in [0.05, 0.1) is 5.69 Å². The van der Waals surface area contributed by atoms with Crippen LogP contribution in [0.2, 0.25) is 0 Å². The molecule has 21 heavy (non-hydrogen) atoms. The van der Waals surface area contributed by atoms with Crippen molar-refractivity contribution in [3.05, 3.63) is 60.0 Å². The van der Waals surface area contributed by atoms with Gasteiger partial charge in [-0.25, -0.2) is 4.68 Å². The van der Waals surface area contributed by atoms with E-state index in [1.165, 1.54) is 0 Å². The van der Waals surface area contributed by atoms with Gasteiger partial charge in [0.15, 0.2) is 5.82 Å². The van der Waals surface area contributed by atoms with Crippen LogP contribution in [0.15, 0.2) is 48.8 Å². The quantitative estimate of drug-likeness (QED) is 0.771. The Morgan fingerprint density at radius 1 is 1.33 bits per heavy atom. The zero-order valence-electron chi connectivity index (χ0n) is 11.6. The molecule has 0 aliphatic heterocycles. The number of amides is 1. The fraction of sp³-hybridized carbons (Fsp3) is 0.133. The van der Waals surface area contributed by atoms with E-state index in [1.807, 2.05) is 37.4 Å². The maximum absolute atomic E-state index is 12.1. The molecular weight excluding hydrogens is 266 g/mol. The third-order valence-corrected chi connectivity index (χ3v) is 3.15. The molecule has 3 rings (SSSR count). The Morgan fingerprint density at radius 3 is 2.76 bits per heavy atom. The largest absolute Gasteiger partial charge is 0.305 e. The van der Waals surface area contributed by atoms with Crippen LogP contribution in [0.5, 0.6) is 0 Å². The molecule has 0 spiro atoms. The van der Waals surface area contributed by atoms with Crippen molar-refractivity contribution in [3.63, 3.8) is 0 Å². The third kappa shape index (κ3) is 2.84. The van der Waals surface area contributed by atoms with Gasteiger partial charge in [-0.05, 0) is 36.8 Å². The Kier molecular flexibility index (Phi) is 3.51. The van der Waals surface area contributed by atoms with Crippen LogP contribution in [-0.2, 0) is 6.42 Å². The van der Waals surface area contributed by atoms with Gasteiger partial charge in [0.2, 0.25) is 0 Å². The molecule has 2 heterocycles. The maximum Gasteiger partial charge on any atom is 0.256 e. The molecule has 3 aromatic rings. The SMILES string of the molecule is CCc1cc(NC(=O)c2ccc(-n3cccn3)cc2)n[nH]1. The average molecular weight is 281 g/mol. The van der Waals surface area contributed by atoms with Crippen LogP contribution in [0.1, 0.15) is 23.0 Å². The molecule has 1 amide bonds. The first-order chi connectivity index (χ1) is 10.3. The van der Waals surface area contributed by atoms with E-state index in [9.17, 15) is 4.79 Å². The minimum Gasteiger partial charge on any atom is -0.305 e. The van der Waals surface area contributed by atoms with Gasteiger partial charge in [0, 0.05) is 29.7 Å². The number of aromatic nitrogens is 4. The van der Waals surface area contributed by atoms with Gasteiger partial charge >= 0.3 is 0 Å². The number of benzene rings is 1. The number of hydrogen-bond donors (Lipinski definition) is 2. The normalized spacial score (nSPS) is 10.5. The summed E-state index contributed by atoms with van der Waals surface area (Å²) < 4.78 is 1.74. The lowest BCUT2D eigenvalue weighted by molar-refractivity contribution is 0.102. The Labute approximate surface area is 121 Å². The first-order valence-electron chi connectivity index (χ1n) is 6.72. The number of aryl methyl sites for hydroxylation is 1. The number of nitrogens with one attached hydrogen (secondary N) is 2. The molecule has 0 bridgehead atoms. The lowest BCUT2D eigenvalue weighted by atomic mass is 10.2. The highest BCUT2D eigenvalue weighted by Gasteiger charge is 2.08. The van der Waals surface area contributed by atoms with Crippen LogP contribution >= 0.6 is 0 Å². The number of nitrogens with zero attached hydrogens (tertiary/aromatic N) is 3. The van der Waals surface area contributed by atoms with Crippen molar-refractivity contribution in [2.24, 2.45) is 0 Å². The predicted molar refractivity (Wildman–Crippen MR) is 79.5 cm³/mol. The van der Waals surface area contributed by atoms with Gasteiger partial charge < -0.3 is 5.32 Å². The number of rotatable bonds is 4. The van der Waals surface area contributed by atoms with Crippen molar-refractivity contribution in [1.82, 2.24) is 20.0 Å². The summed E-state index contributed by atoms with van der Waals surface area (Å²) >= 11 is 0. The van der Waals surface area contributed by atoms with Crippen LogP contribution in [-0.4, -0.2) is 25.9 Å². The average Bonchev–Trinajstić information content (AvgIpc) is 3.19. The molecule has 0 aliphatic carbocycles. The maximum atomic E-state index is 12.1. The lowest BCUT2D eigenvalue weighted by Crippen LogP contribution is -2.12. The molecule has 0 atom stereocenters. The van der Waals surface area contributed by atoms with Crippen molar-refractivity contribution in [3.8, 4) is 5.69 Å². The number of aromatic amines is 1. The summed E-state index contributed by atoms with van der Waals surface area (Å²) in [5, 5.41) is 13.8. The smallest absolute Gasteiger partial charge is 0.256 e. The van der Waals surface area contributed by atoms with E-state index in [2.05, 4.69) is 20.6 Å². The van der Waals surface area contributed by atoms with E-state index in [0.29, 0.717) is 11.4 Å². The van der Waals surface area contributed by atoms with Gasteiger partial charge in [-0.15, -0.1) is 0 Å². The third-order valence-electron chi connectivity index (χ3n) is 3.15. The zero-order chi connectivity index (χ0) is 14.7. The van der Waals surface area contributed by atoms with Crippen LogP contribution in [0.4, 0.5) is 5.82 Å². The Balaban J connectivity index is 1.73. The summed E-state index contributed by atoms with van der Waals surface area (Å²) in [6.45, 7) is 2.02. The van der Waals surface area contributed by atoms with E-state index in [4.69, 9.17) is 0 Å². The van der Waals surface area contributed by atoms with Crippen LogP contribution < -0.4 is 5.32 Å². The van der Waals surface area contributed by atoms with Crippen LogP contribution in [0.3, 0.4) is 0 Å². The van der Waals surface area contributed by atoms with Gasteiger partial charge in [0.25, 0.3) is 5.91 Å². The van der Waals surface area contributed by atoms with Gasteiger partial charge in [-0.2, -0.15) is 10.2 Å². The highest BCUT2D eigenvalue weighted by atomic mass is 16.1. The summed E-state index contributed by atoms with van der Waals surface area (Å²) in [5.74, 6) is 0.351. The first kappa shape index (κ1) is 13.1. The highest BCUT2D eigenvalue weighted by Crippen LogP contribution is 2.11. The lowest BCUT2D eigenvalue weighted by Gasteiger charge is -2.04. The van der Waals surface area contributed by atoms with Gasteiger partial charge in [-0.1, -0.05) is 6.92 Å². The minimum absolute atomic E-state index is 0.184. The van der Waals surface area contributed by atoms with Gasteiger partial charge in [0.1, 0.15) is 0 Å². The molecule has 106 valence electrons. The fourth-order valence-corrected chi connectivity index (χ4v) is 1.98. The van der Waals surface area contributed by atoms with E-state index < -0.39 is 0 Å². The fourth-order valence-electron chi connectivity index (χ4n) is 1.98. The molecule has 1 aromatic carbocycles. The van der Waals surface area contributed by atoms with Crippen LogP contribution in [0, 0.1) is 0 Å². The second kappa shape index (κ2) is 5.62. The van der Waals surface area contributed by atoms with Crippen molar-refractivity contribution < 1.29 is 4.79 Å².